The Balaban J connectivity index is 2.68. The number of carbonyl (C=O) groups is 1. The summed E-state index contributed by atoms with van der Waals surface area (Å²) < 4.78 is 5.29. The van der Waals surface area contributed by atoms with E-state index in [1.54, 1.807) is 24.3 Å². The summed E-state index contributed by atoms with van der Waals surface area (Å²) in [6, 6.07) is 6.61. The molecular weight excluding hydrogens is 268 g/mol. The maximum absolute atomic E-state index is 12.0. The molecule has 0 bridgehead atoms. The number of urea groups is 1. The van der Waals surface area contributed by atoms with Gasteiger partial charge in [-0.1, -0.05) is 25.8 Å². The molecule has 0 fully saturated rings. The van der Waals surface area contributed by atoms with Crippen LogP contribution in [0, 0.1) is 12.3 Å². The molecule has 114 valence electrons. The van der Waals surface area contributed by atoms with Crippen LogP contribution in [-0.4, -0.2) is 29.9 Å². The normalized spacial score (nSPS) is 10.6. The second kappa shape index (κ2) is 8.18. The fourth-order valence-electron chi connectivity index (χ4n) is 1.88. The number of terminal acetylenes is 1. The summed E-state index contributed by atoms with van der Waals surface area (Å²) in [4.78, 5) is 12.0. The molecule has 0 atom stereocenters. The Morgan fingerprint density at radius 2 is 2.14 bits per heavy atom. The van der Waals surface area contributed by atoms with Gasteiger partial charge in [0.1, 0.15) is 12.4 Å². The highest BCUT2D eigenvalue weighted by Crippen LogP contribution is 2.18. The van der Waals surface area contributed by atoms with Crippen LogP contribution in [0.25, 0.3) is 0 Å². The number of ether oxygens (including phenoxy) is 1. The molecule has 0 unspecified atom stereocenters. The van der Waals surface area contributed by atoms with Crippen molar-refractivity contribution in [3.05, 3.63) is 24.3 Å². The van der Waals surface area contributed by atoms with Gasteiger partial charge in [0.05, 0.1) is 12.1 Å². The lowest BCUT2D eigenvalue weighted by Gasteiger charge is -2.30. The van der Waals surface area contributed by atoms with E-state index in [4.69, 9.17) is 11.2 Å². The minimum atomic E-state index is -0.596. The van der Waals surface area contributed by atoms with Crippen LogP contribution in [0.2, 0.25) is 0 Å². The van der Waals surface area contributed by atoms with Crippen molar-refractivity contribution in [2.75, 3.05) is 18.5 Å². The molecule has 0 saturated heterocycles. The Morgan fingerprint density at radius 1 is 1.43 bits per heavy atom. The van der Waals surface area contributed by atoms with Gasteiger partial charge in [-0.2, -0.15) is 0 Å². The number of aliphatic hydroxyl groups is 1. The van der Waals surface area contributed by atoms with Crippen LogP contribution in [0.15, 0.2) is 24.3 Å². The topological polar surface area (TPSA) is 70.6 Å². The van der Waals surface area contributed by atoms with Crippen molar-refractivity contribution >= 4 is 11.7 Å². The summed E-state index contributed by atoms with van der Waals surface area (Å²) in [5, 5.41) is 15.0. The summed E-state index contributed by atoms with van der Waals surface area (Å²) in [5.41, 5.74) is 0.00264. The molecule has 0 aliphatic rings. The van der Waals surface area contributed by atoms with Crippen molar-refractivity contribution in [1.82, 2.24) is 5.32 Å². The number of hydrogen-bond donors (Lipinski definition) is 3. The highest BCUT2D eigenvalue weighted by atomic mass is 16.5. The summed E-state index contributed by atoms with van der Waals surface area (Å²) >= 11 is 0. The largest absolute Gasteiger partial charge is 0.481 e. The van der Waals surface area contributed by atoms with E-state index in [9.17, 15) is 9.90 Å². The molecule has 5 nitrogen and oxygen atoms in total. The molecule has 2 amide bonds. The van der Waals surface area contributed by atoms with Gasteiger partial charge in [0.25, 0.3) is 0 Å². The van der Waals surface area contributed by atoms with E-state index in [0.717, 1.165) is 0 Å². The van der Waals surface area contributed by atoms with Crippen LogP contribution in [0.5, 0.6) is 5.75 Å². The van der Waals surface area contributed by atoms with E-state index < -0.39 is 5.54 Å². The van der Waals surface area contributed by atoms with Gasteiger partial charge in [-0.05, 0) is 25.0 Å². The molecule has 1 aromatic rings. The maximum Gasteiger partial charge on any atom is 0.319 e. The summed E-state index contributed by atoms with van der Waals surface area (Å²) in [6.07, 6.45) is 6.44. The lowest BCUT2D eigenvalue weighted by atomic mass is 9.94. The smallest absolute Gasteiger partial charge is 0.319 e. The number of anilines is 1. The van der Waals surface area contributed by atoms with E-state index in [0.29, 0.717) is 24.3 Å². The molecule has 0 radical (unpaired) electrons. The Hall–Kier alpha value is -2.19. The Labute approximate surface area is 125 Å². The molecule has 5 heteroatoms. The highest BCUT2D eigenvalue weighted by Gasteiger charge is 2.27. The van der Waals surface area contributed by atoms with Gasteiger partial charge >= 0.3 is 6.03 Å². The van der Waals surface area contributed by atoms with E-state index >= 15 is 0 Å². The third kappa shape index (κ3) is 5.01. The van der Waals surface area contributed by atoms with Crippen LogP contribution in [0.3, 0.4) is 0 Å². The number of nitrogens with one attached hydrogen (secondary N) is 2. The second-order valence-corrected chi connectivity index (χ2v) is 4.75. The molecule has 21 heavy (non-hydrogen) atoms. The number of rotatable bonds is 7. The van der Waals surface area contributed by atoms with Crippen LogP contribution < -0.4 is 15.4 Å². The molecular formula is C16H22N2O3. The van der Waals surface area contributed by atoms with Crippen molar-refractivity contribution in [2.45, 2.75) is 32.2 Å². The maximum atomic E-state index is 12.0. The molecule has 0 aliphatic heterocycles. The van der Waals surface area contributed by atoms with E-state index in [1.165, 1.54) is 0 Å². The van der Waals surface area contributed by atoms with Gasteiger partial charge in [0.2, 0.25) is 0 Å². The fraction of sp³-hybridized carbons (Fsp3) is 0.438. The molecule has 0 saturated carbocycles. The Morgan fingerprint density at radius 3 is 2.71 bits per heavy atom. The van der Waals surface area contributed by atoms with Crippen LogP contribution in [-0.2, 0) is 0 Å². The molecule has 1 rings (SSSR count). The first-order valence-electron chi connectivity index (χ1n) is 6.95. The SMILES string of the molecule is C#CCOc1cccc(NC(=O)NC(CC)(CC)CO)c1. The number of carbonyl (C=O) groups excluding carboxylic acids is 1. The number of benzene rings is 1. The predicted octanol–water partition coefficient (Wildman–Crippen LogP) is 2.37. The van der Waals surface area contributed by atoms with Crippen molar-refractivity contribution < 1.29 is 14.6 Å². The molecule has 0 spiro atoms. The predicted molar refractivity (Wildman–Crippen MR) is 83.3 cm³/mol. The van der Waals surface area contributed by atoms with Gasteiger partial charge in [-0.3, -0.25) is 0 Å². The standard InChI is InChI=1S/C16H22N2O3/c1-4-10-21-14-9-7-8-13(11-14)17-15(20)18-16(5-2,6-3)12-19/h1,7-9,11,19H,5-6,10,12H2,2-3H3,(H2,17,18,20). The highest BCUT2D eigenvalue weighted by molar-refractivity contribution is 5.90. The Bertz CT molecular complexity index is 496. The average molecular weight is 290 g/mol. The second-order valence-electron chi connectivity index (χ2n) is 4.75. The van der Waals surface area contributed by atoms with Crippen LogP contribution >= 0.6 is 0 Å². The van der Waals surface area contributed by atoms with E-state index in [1.807, 2.05) is 13.8 Å². The molecule has 1 aromatic carbocycles. The summed E-state index contributed by atoms with van der Waals surface area (Å²) in [6.45, 7) is 3.93. The van der Waals surface area contributed by atoms with E-state index in [-0.39, 0.29) is 19.2 Å². The van der Waals surface area contributed by atoms with Crippen molar-refractivity contribution in [2.24, 2.45) is 0 Å². The first-order chi connectivity index (χ1) is 10.1. The fourth-order valence-corrected chi connectivity index (χ4v) is 1.88. The summed E-state index contributed by atoms with van der Waals surface area (Å²) in [5.74, 6) is 2.97. The third-order valence-corrected chi connectivity index (χ3v) is 3.45. The monoisotopic (exact) mass is 290 g/mol. The van der Waals surface area contributed by atoms with Crippen LogP contribution in [0.1, 0.15) is 26.7 Å². The van der Waals surface area contributed by atoms with Gasteiger partial charge in [-0.25, -0.2) is 4.79 Å². The van der Waals surface area contributed by atoms with Gasteiger partial charge in [-0.15, -0.1) is 6.42 Å². The van der Waals surface area contributed by atoms with Gasteiger partial charge in [0, 0.05) is 11.8 Å². The lowest BCUT2D eigenvalue weighted by Crippen LogP contribution is -2.51. The zero-order valence-electron chi connectivity index (χ0n) is 12.5. The zero-order chi connectivity index (χ0) is 15.7. The molecule has 3 N–H and O–H groups in total. The number of hydrogen-bond acceptors (Lipinski definition) is 3. The van der Waals surface area contributed by atoms with Crippen molar-refractivity contribution in [3.8, 4) is 18.1 Å². The number of amides is 2. The van der Waals surface area contributed by atoms with E-state index in [2.05, 4.69) is 16.6 Å². The summed E-state index contributed by atoms with van der Waals surface area (Å²) in [7, 11) is 0. The lowest BCUT2D eigenvalue weighted by molar-refractivity contribution is 0.155. The van der Waals surface area contributed by atoms with Crippen LogP contribution in [0.4, 0.5) is 10.5 Å². The zero-order valence-corrected chi connectivity index (χ0v) is 12.5. The minimum absolute atomic E-state index is 0.0985. The first kappa shape index (κ1) is 16.9. The Kier molecular flexibility index (Phi) is 6.57. The van der Waals surface area contributed by atoms with Gasteiger partial charge in [0.15, 0.2) is 0 Å². The first-order valence-corrected chi connectivity index (χ1v) is 6.95. The van der Waals surface area contributed by atoms with Gasteiger partial charge < -0.3 is 20.5 Å². The van der Waals surface area contributed by atoms with Crippen molar-refractivity contribution in [3.63, 3.8) is 0 Å². The third-order valence-electron chi connectivity index (χ3n) is 3.45. The molecule has 0 aliphatic carbocycles. The number of aliphatic hydroxyl groups excluding tert-OH is 1. The quantitative estimate of drug-likeness (QED) is 0.675. The minimum Gasteiger partial charge on any atom is -0.481 e. The molecule has 0 aromatic heterocycles. The average Bonchev–Trinajstić information content (AvgIpc) is 2.51. The molecule has 0 heterocycles. The van der Waals surface area contributed by atoms with Crippen molar-refractivity contribution in [1.29, 1.82) is 0 Å².